The molecule has 0 unspecified atom stereocenters. The number of aromatic hydroxyl groups is 1. The number of rotatable bonds is 3. The Balaban J connectivity index is 2.00. The van der Waals surface area contributed by atoms with Crippen LogP contribution in [0.3, 0.4) is 0 Å². The molecule has 2 N–H and O–H groups in total. The Morgan fingerprint density at radius 3 is 2.89 bits per heavy atom. The molecule has 3 nitrogen and oxygen atoms in total. The molecule has 1 fully saturated rings. The first-order valence-electron chi connectivity index (χ1n) is 6.49. The standard InChI is InChI=1S/C15H17NO2/c1-9-14(17)12-7-6-11(5-4-10-2-3-10)8-13(12)16-15(9)18/h6-8,10H,2-5H2,1H3,(H2,16,17,18). The third kappa shape index (κ3) is 2.01. The van der Waals surface area contributed by atoms with Crippen LogP contribution in [0.4, 0.5) is 0 Å². The van der Waals surface area contributed by atoms with Gasteiger partial charge >= 0.3 is 0 Å². The zero-order chi connectivity index (χ0) is 12.7. The Bertz CT molecular complexity index is 653. The number of aryl methyl sites for hydroxylation is 1. The van der Waals surface area contributed by atoms with E-state index in [1.807, 2.05) is 18.2 Å². The molecule has 0 saturated heterocycles. The van der Waals surface area contributed by atoms with E-state index in [4.69, 9.17) is 0 Å². The molecular weight excluding hydrogens is 226 g/mol. The van der Waals surface area contributed by atoms with Crippen LogP contribution in [-0.4, -0.2) is 10.1 Å². The summed E-state index contributed by atoms with van der Waals surface area (Å²) in [5.41, 5.74) is 2.14. The average Bonchev–Trinajstić information content (AvgIpc) is 3.17. The monoisotopic (exact) mass is 243 g/mol. The molecule has 0 bridgehead atoms. The van der Waals surface area contributed by atoms with Crippen molar-refractivity contribution < 1.29 is 5.11 Å². The molecule has 0 aliphatic heterocycles. The van der Waals surface area contributed by atoms with Crippen LogP contribution in [0.2, 0.25) is 0 Å². The van der Waals surface area contributed by atoms with Gasteiger partial charge in [-0.05, 0) is 43.4 Å². The lowest BCUT2D eigenvalue weighted by molar-refractivity contribution is 0.476. The fraction of sp³-hybridized carbons (Fsp3) is 0.400. The quantitative estimate of drug-likeness (QED) is 0.871. The van der Waals surface area contributed by atoms with Crippen LogP contribution in [0.5, 0.6) is 5.75 Å². The van der Waals surface area contributed by atoms with Gasteiger partial charge in [0.15, 0.2) is 0 Å². The van der Waals surface area contributed by atoms with Crippen LogP contribution in [-0.2, 0) is 6.42 Å². The smallest absolute Gasteiger partial charge is 0.255 e. The molecule has 3 heteroatoms. The van der Waals surface area contributed by atoms with Crippen LogP contribution < -0.4 is 5.56 Å². The maximum atomic E-state index is 11.6. The van der Waals surface area contributed by atoms with E-state index in [0.717, 1.165) is 23.2 Å². The molecule has 1 heterocycles. The molecule has 1 aromatic heterocycles. The number of benzene rings is 1. The van der Waals surface area contributed by atoms with Crippen LogP contribution in [0.25, 0.3) is 10.9 Å². The van der Waals surface area contributed by atoms with Crippen molar-refractivity contribution in [2.45, 2.75) is 32.6 Å². The number of hydrogen-bond acceptors (Lipinski definition) is 2. The summed E-state index contributed by atoms with van der Waals surface area (Å²) in [6.45, 7) is 1.63. The molecular formula is C15H17NO2. The summed E-state index contributed by atoms with van der Waals surface area (Å²) >= 11 is 0. The first-order valence-corrected chi connectivity index (χ1v) is 6.49. The molecule has 1 aliphatic carbocycles. The molecule has 0 spiro atoms. The summed E-state index contributed by atoms with van der Waals surface area (Å²) in [5.74, 6) is 1.01. The minimum Gasteiger partial charge on any atom is -0.507 e. The molecule has 3 rings (SSSR count). The lowest BCUT2D eigenvalue weighted by Crippen LogP contribution is -2.09. The lowest BCUT2D eigenvalue weighted by Gasteiger charge is -2.06. The van der Waals surface area contributed by atoms with Crippen LogP contribution >= 0.6 is 0 Å². The summed E-state index contributed by atoms with van der Waals surface area (Å²) in [5, 5.41) is 10.7. The Morgan fingerprint density at radius 2 is 2.17 bits per heavy atom. The topological polar surface area (TPSA) is 53.1 Å². The van der Waals surface area contributed by atoms with Gasteiger partial charge < -0.3 is 10.1 Å². The molecule has 2 aromatic rings. The third-order valence-electron chi connectivity index (χ3n) is 3.82. The second kappa shape index (κ2) is 4.16. The first kappa shape index (κ1) is 11.3. The number of aromatic nitrogens is 1. The van der Waals surface area contributed by atoms with Gasteiger partial charge in [-0.1, -0.05) is 18.9 Å². The predicted octanol–water partition coefficient (Wildman–Crippen LogP) is 2.88. The molecule has 94 valence electrons. The van der Waals surface area contributed by atoms with Crippen molar-refractivity contribution in [2.24, 2.45) is 5.92 Å². The van der Waals surface area contributed by atoms with Gasteiger partial charge in [-0.25, -0.2) is 0 Å². The fourth-order valence-corrected chi connectivity index (χ4v) is 2.36. The highest BCUT2D eigenvalue weighted by atomic mass is 16.3. The first-order chi connectivity index (χ1) is 8.65. The highest BCUT2D eigenvalue weighted by molar-refractivity contribution is 5.86. The van der Waals surface area contributed by atoms with Gasteiger partial charge in [0.2, 0.25) is 0 Å². The van der Waals surface area contributed by atoms with Crippen molar-refractivity contribution in [3.63, 3.8) is 0 Å². The second-order valence-electron chi connectivity index (χ2n) is 5.29. The van der Waals surface area contributed by atoms with E-state index >= 15 is 0 Å². The van der Waals surface area contributed by atoms with E-state index in [1.54, 1.807) is 6.92 Å². The number of aromatic amines is 1. The van der Waals surface area contributed by atoms with Crippen molar-refractivity contribution >= 4 is 10.9 Å². The van der Waals surface area contributed by atoms with Crippen molar-refractivity contribution in [3.05, 3.63) is 39.7 Å². The summed E-state index contributed by atoms with van der Waals surface area (Å²) in [6.07, 6.45) is 5.01. The van der Waals surface area contributed by atoms with E-state index in [9.17, 15) is 9.90 Å². The van der Waals surface area contributed by atoms with Gasteiger partial charge in [-0.3, -0.25) is 4.79 Å². The van der Waals surface area contributed by atoms with Crippen LogP contribution in [0, 0.1) is 12.8 Å². The maximum absolute atomic E-state index is 11.6. The van der Waals surface area contributed by atoms with Crippen molar-refractivity contribution in [3.8, 4) is 5.75 Å². The summed E-state index contributed by atoms with van der Waals surface area (Å²) < 4.78 is 0. The highest BCUT2D eigenvalue weighted by Gasteiger charge is 2.20. The fourth-order valence-electron chi connectivity index (χ4n) is 2.36. The van der Waals surface area contributed by atoms with Crippen molar-refractivity contribution in [1.82, 2.24) is 4.98 Å². The van der Waals surface area contributed by atoms with Gasteiger partial charge in [-0.2, -0.15) is 0 Å². The number of fused-ring (bicyclic) bond motifs is 1. The van der Waals surface area contributed by atoms with Crippen molar-refractivity contribution in [2.75, 3.05) is 0 Å². The number of H-pyrrole nitrogens is 1. The number of hydrogen-bond donors (Lipinski definition) is 2. The van der Waals surface area contributed by atoms with E-state index in [0.29, 0.717) is 5.56 Å². The Kier molecular flexibility index (Phi) is 2.62. The second-order valence-corrected chi connectivity index (χ2v) is 5.29. The van der Waals surface area contributed by atoms with Gasteiger partial charge in [0, 0.05) is 5.39 Å². The van der Waals surface area contributed by atoms with E-state index < -0.39 is 0 Å². The van der Waals surface area contributed by atoms with Crippen molar-refractivity contribution in [1.29, 1.82) is 0 Å². The number of nitrogens with one attached hydrogen (secondary N) is 1. The predicted molar refractivity (Wildman–Crippen MR) is 72.0 cm³/mol. The molecule has 0 amide bonds. The summed E-state index contributed by atoms with van der Waals surface area (Å²) in [6, 6.07) is 5.93. The minimum absolute atomic E-state index is 0.0995. The van der Waals surface area contributed by atoms with E-state index in [2.05, 4.69) is 4.98 Å². The Morgan fingerprint density at radius 1 is 1.39 bits per heavy atom. The van der Waals surface area contributed by atoms with E-state index in [1.165, 1.54) is 24.8 Å². The molecule has 0 radical (unpaired) electrons. The molecule has 1 aromatic carbocycles. The van der Waals surface area contributed by atoms with Crippen LogP contribution in [0.1, 0.15) is 30.4 Å². The summed E-state index contributed by atoms with van der Waals surface area (Å²) in [4.78, 5) is 14.5. The van der Waals surface area contributed by atoms with Gasteiger partial charge in [0.1, 0.15) is 5.75 Å². The normalized spacial score (nSPS) is 15.2. The minimum atomic E-state index is -0.209. The molecule has 1 saturated carbocycles. The zero-order valence-corrected chi connectivity index (χ0v) is 10.5. The maximum Gasteiger partial charge on any atom is 0.255 e. The number of pyridine rings is 1. The molecule has 1 aliphatic rings. The Labute approximate surface area is 105 Å². The van der Waals surface area contributed by atoms with E-state index in [-0.39, 0.29) is 11.3 Å². The zero-order valence-electron chi connectivity index (χ0n) is 10.5. The SMILES string of the molecule is Cc1c(O)c2ccc(CCC3CC3)cc2[nH]c1=O. The third-order valence-corrected chi connectivity index (χ3v) is 3.82. The summed E-state index contributed by atoms with van der Waals surface area (Å²) in [7, 11) is 0. The molecule has 18 heavy (non-hydrogen) atoms. The van der Waals surface area contributed by atoms with Gasteiger partial charge in [0.25, 0.3) is 5.56 Å². The van der Waals surface area contributed by atoms with Crippen LogP contribution in [0.15, 0.2) is 23.0 Å². The highest BCUT2D eigenvalue weighted by Crippen LogP contribution is 2.34. The molecule has 0 atom stereocenters. The lowest BCUT2D eigenvalue weighted by atomic mass is 10.0. The average molecular weight is 243 g/mol. The van der Waals surface area contributed by atoms with Gasteiger partial charge in [0.05, 0.1) is 11.1 Å². The largest absolute Gasteiger partial charge is 0.507 e. The Hall–Kier alpha value is -1.77. The van der Waals surface area contributed by atoms with Gasteiger partial charge in [-0.15, -0.1) is 0 Å².